The van der Waals surface area contributed by atoms with Crippen LogP contribution in [0.2, 0.25) is 0 Å². The molecule has 0 aliphatic heterocycles. The van der Waals surface area contributed by atoms with E-state index in [9.17, 15) is 13.2 Å². The fourth-order valence-corrected chi connectivity index (χ4v) is 4.81. The molecule has 29 heavy (non-hydrogen) atoms. The highest BCUT2D eigenvalue weighted by Crippen LogP contribution is 2.19. The molecule has 0 aliphatic carbocycles. The maximum atomic E-state index is 13.1. The van der Waals surface area contributed by atoms with Crippen molar-refractivity contribution in [3.05, 3.63) is 76.2 Å². The lowest BCUT2D eigenvalue weighted by atomic mass is 10.1. The summed E-state index contributed by atoms with van der Waals surface area (Å²) >= 11 is 1.63. The van der Waals surface area contributed by atoms with Crippen molar-refractivity contribution in [1.29, 1.82) is 0 Å². The summed E-state index contributed by atoms with van der Waals surface area (Å²) in [5.41, 5.74) is 1.87. The molecule has 2 heterocycles. The van der Waals surface area contributed by atoms with E-state index in [-0.39, 0.29) is 12.3 Å². The number of nitrogens with zero attached hydrogens (tertiary/aromatic N) is 2. The summed E-state index contributed by atoms with van der Waals surface area (Å²) in [6.07, 6.45) is 2.20. The van der Waals surface area contributed by atoms with Crippen LogP contribution in [0.5, 0.6) is 0 Å². The molecule has 1 amide bonds. The quantitative estimate of drug-likeness (QED) is 0.542. The fraction of sp³-hybridized carbons (Fsp3) is 0.318. The van der Waals surface area contributed by atoms with Crippen LogP contribution in [-0.4, -0.2) is 29.0 Å². The molecule has 0 aliphatic rings. The molecule has 5 nitrogen and oxygen atoms in total. The van der Waals surface area contributed by atoms with Gasteiger partial charge in [-0.1, -0.05) is 18.2 Å². The van der Waals surface area contributed by atoms with Crippen LogP contribution in [0, 0.1) is 0 Å². The number of amides is 1. The third-order valence-corrected chi connectivity index (χ3v) is 7.94. The Bertz CT molecular complexity index is 1050. The van der Waals surface area contributed by atoms with Gasteiger partial charge in [0.15, 0.2) is 9.84 Å². The predicted octanol–water partition coefficient (Wildman–Crippen LogP) is 4.04. The van der Waals surface area contributed by atoms with Crippen molar-refractivity contribution in [2.75, 3.05) is 0 Å². The number of aromatic nitrogens is 1. The van der Waals surface area contributed by atoms with Crippen molar-refractivity contribution in [1.82, 2.24) is 9.47 Å². The number of carbonyl (C=O) groups is 1. The number of sulfone groups is 1. The fourth-order valence-electron chi connectivity index (χ4n) is 3.03. The Morgan fingerprint density at radius 1 is 1.07 bits per heavy atom. The molecule has 0 fully saturated rings. The van der Waals surface area contributed by atoms with Gasteiger partial charge >= 0.3 is 0 Å². The van der Waals surface area contributed by atoms with Gasteiger partial charge in [-0.15, -0.1) is 11.3 Å². The molecular weight excluding hydrogens is 404 g/mol. The molecule has 0 atom stereocenters. The Hall–Kier alpha value is -2.38. The second-order valence-electron chi connectivity index (χ2n) is 7.35. The Morgan fingerprint density at radius 3 is 2.34 bits per heavy atom. The number of hydrogen-bond donors (Lipinski definition) is 0. The molecule has 0 saturated heterocycles. The largest absolute Gasteiger partial charge is 0.353 e. The summed E-state index contributed by atoms with van der Waals surface area (Å²) in [6, 6.07) is 14.7. The third-order valence-electron chi connectivity index (χ3n) is 4.91. The lowest BCUT2D eigenvalue weighted by Gasteiger charge is -2.23. The highest BCUT2D eigenvalue weighted by Gasteiger charge is 2.20. The average molecular weight is 431 g/mol. The zero-order valence-corrected chi connectivity index (χ0v) is 18.5. The van der Waals surface area contributed by atoms with Crippen molar-refractivity contribution in [3.63, 3.8) is 0 Å². The van der Waals surface area contributed by atoms with E-state index in [4.69, 9.17) is 0 Å². The summed E-state index contributed by atoms with van der Waals surface area (Å²) < 4.78 is 26.6. The van der Waals surface area contributed by atoms with Crippen LogP contribution in [0.25, 0.3) is 0 Å². The lowest BCUT2D eigenvalue weighted by Crippen LogP contribution is -2.31. The number of carbonyl (C=O) groups excluding carboxylic acids is 1. The van der Waals surface area contributed by atoms with Crippen LogP contribution in [0.4, 0.5) is 0 Å². The minimum Gasteiger partial charge on any atom is -0.353 e. The van der Waals surface area contributed by atoms with Gasteiger partial charge in [0.05, 0.1) is 29.7 Å². The number of rotatable bonds is 8. The first-order valence-corrected chi connectivity index (χ1v) is 11.9. The van der Waals surface area contributed by atoms with Crippen LogP contribution in [0.3, 0.4) is 0 Å². The first kappa shape index (κ1) is 21.3. The van der Waals surface area contributed by atoms with Gasteiger partial charge in [0, 0.05) is 23.8 Å². The zero-order valence-electron chi connectivity index (χ0n) is 16.9. The minimum absolute atomic E-state index is 0.0130. The minimum atomic E-state index is -3.31. The van der Waals surface area contributed by atoms with E-state index in [0.29, 0.717) is 18.0 Å². The van der Waals surface area contributed by atoms with Crippen molar-refractivity contribution in [3.8, 4) is 0 Å². The maximum Gasteiger partial charge on any atom is 0.227 e. The topological polar surface area (TPSA) is 59.4 Å². The molecule has 0 unspecified atom stereocenters. The summed E-state index contributed by atoms with van der Waals surface area (Å²) in [4.78, 5) is 16.3. The molecule has 2 aromatic heterocycles. The Labute approximate surface area is 176 Å². The van der Waals surface area contributed by atoms with Gasteiger partial charge in [-0.2, -0.15) is 0 Å². The Balaban J connectivity index is 1.76. The summed E-state index contributed by atoms with van der Waals surface area (Å²) in [5, 5.41) is 1.54. The average Bonchev–Trinajstić information content (AvgIpc) is 3.33. The number of thiophene rings is 1. The van der Waals surface area contributed by atoms with Crippen molar-refractivity contribution in [2.24, 2.45) is 7.05 Å². The van der Waals surface area contributed by atoms with Gasteiger partial charge in [-0.25, -0.2) is 8.42 Å². The molecule has 0 radical (unpaired) electrons. The van der Waals surface area contributed by atoms with Crippen LogP contribution in [-0.2, 0) is 41.2 Å². The van der Waals surface area contributed by atoms with E-state index in [2.05, 4.69) is 0 Å². The van der Waals surface area contributed by atoms with Gasteiger partial charge in [-0.05, 0) is 55.1 Å². The number of hydrogen-bond acceptors (Lipinski definition) is 4. The van der Waals surface area contributed by atoms with E-state index >= 15 is 0 Å². The molecule has 0 N–H and O–H groups in total. The first-order chi connectivity index (χ1) is 13.8. The second-order valence-corrected chi connectivity index (χ2v) is 10.9. The maximum absolute atomic E-state index is 13.1. The third kappa shape index (κ3) is 5.16. The zero-order chi connectivity index (χ0) is 21.0. The summed E-state index contributed by atoms with van der Waals surface area (Å²) in [5.74, 6) is 0.0130. The standard InChI is InChI=1S/C22H26N2O3S2/c1-17(2)29(26,27)21-10-8-18(9-11-21)14-22(25)24(16-20-7-5-13-28-20)15-19-6-4-12-23(19)3/h4-13,17H,14-16H2,1-3H3. The lowest BCUT2D eigenvalue weighted by molar-refractivity contribution is -0.131. The normalized spacial score (nSPS) is 11.7. The van der Waals surface area contributed by atoms with Crippen molar-refractivity contribution in [2.45, 2.75) is 43.5 Å². The first-order valence-electron chi connectivity index (χ1n) is 9.50. The van der Waals surface area contributed by atoms with Gasteiger partial charge in [0.1, 0.15) is 0 Å². The van der Waals surface area contributed by atoms with E-state index in [1.165, 1.54) is 0 Å². The van der Waals surface area contributed by atoms with E-state index < -0.39 is 15.1 Å². The highest BCUT2D eigenvalue weighted by molar-refractivity contribution is 7.92. The monoisotopic (exact) mass is 430 g/mol. The smallest absolute Gasteiger partial charge is 0.227 e. The highest BCUT2D eigenvalue weighted by atomic mass is 32.2. The van der Waals surface area contributed by atoms with E-state index in [1.807, 2.05) is 52.4 Å². The molecule has 1 aromatic carbocycles. The summed E-state index contributed by atoms with van der Waals surface area (Å²) in [6.45, 7) is 4.42. The summed E-state index contributed by atoms with van der Waals surface area (Å²) in [7, 11) is -1.34. The van der Waals surface area contributed by atoms with Crippen LogP contribution < -0.4 is 0 Å². The van der Waals surface area contributed by atoms with Gasteiger partial charge in [0.2, 0.25) is 5.91 Å². The molecule has 0 spiro atoms. The van der Waals surface area contributed by atoms with Crippen molar-refractivity contribution < 1.29 is 13.2 Å². The SMILES string of the molecule is CC(C)S(=O)(=O)c1ccc(CC(=O)N(Cc2cccs2)Cc2cccn2C)cc1. The van der Waals surface area contributed by atoms with Gasteiger partial charge in [-0.3, -0.25) is 4.79 Å². The number of benzene rings is 1. The molecule has 3 rings (SSSR count). The van der Waals surface area contributed by atoms with Gasteiger partial charge in [0.25, 0.3) is 0 Å². The van der Waals surface area contributed by atoms with E-state index in [0.717, 1.165) is 16.1 Å². The van der Waals surface area contributed by atoms with Crippen LogP contribution in [0.15, 0.2) is 65.0 Å². The van der Waals surface area contributed by atoms with Crippen molar-refractivity contribution >= 4 is 27.1 Å². The molecular formula is C22H26N2O3S2. The Morgan fingerprint density at radius 2 is 1.79 bits per heavy atom. The van der Waals surface area contributed by atoms with Crippen LogP contribution >= 0.6 is 11.3 Å². The molecule has 3 aromatic rings. The molecule has 0 bridgehead atoms. The van der Waals surface area contributed by atoms with E-state index in [1.54, 1.807) is 49.4 Å². The predicted molar refractivity (Wildman–Crippen MR) is 116 cm³/mol. The van der Waals surface area contributed by atoms with Gasteiger partial charge < -0.3 is 9.47 Å². The second kappa shape index (κ2) is 8.97. The van der Waals surface area contributed by atoms with Crippen LogP contribution in [0.1, 0.15) is 30.0 Å². The molecule has 154 valence electrons. The number of aryl methyl sites for hydroxylation is 1. The molecule has 7 heteroatoms. The Kier molecular flexibility index (Phi) is 6.59. The molecule has 0 saturated carbocycles.